The van der Waals surface area contributed by atoms with E-state index in [-0.39, 0.29) is 11.9 Å². The normalized spacial score (nSPS) is 20.2. The Balaban J connectivity index is 1.58. The predicted octanol–water partition coefficient (Wildman–Crippen LogP) is 3.68. The summed E-state index contributed by atoms with van der Waals surface area (Å²) < 4.78 is 10.7. The number of rotatable bonds is 4. The molecule has 29 heavy (non-hydrogen) atoms. The highest BCUT2D eigenvalue weighted by Gasteiger charge is 2.28. The second-order valence-corrected chi connectivity index (χ2v) is 7.64. The number of benzene rings is 1. The standard InChI is InChI=1S/C23H29N3O3/c1-28-20-8-6-18(7-9-20)22-5-3-2-4-12-26(22)23(27)21-17-19(10-11-24-21)25-13-15-29-16-14-25/h6-11,17,22H,2-5,12-16H2,1H3/t22-/m1/s1. The van der Waals surface area contributed by atoms with E-state index in [1.807, 2.05) is 29.2 Å². The summed E-state index contributed by atoms with van der Waals surface area (Å²) in [4.78, 5) is 22.2. The first-order valence-corrected chi connectivity index (χ1v) is 10.5. The summed E-state index contributed by atoms with van der Waals surface area (Å²) in [6.45, 7) is 3.89. The SMILES string of the molecule is COc1ccc([C@H]2CCCCCN2C(=O)c2cc(N3CCOCC3)ccn2)cc1. The molecule has 2 aromatic rings. The van der Waals surface area contributed by atoms with E-state index in [4.69, 9.17) is 9.47 Å². The number of carbonyl (C=O) groups excluding carboxylic acids is 1. The molecule has 0 bridgehead atoms. The van der Waals surface area contributed by atoms with Crippen molar-refractivity contribution >= 4 is 11.6 Å². The zero-order valence-corrected chi connectivity index (χ0v) is 17.0. The van der Waals surface area contributed by atoms with E-state index < -0.39 is 0 Å². The van der Waals surface area contributed by atoms with Crippen LogP contribution >= 0.6 is 0 Å². The van der Waals surface area contributed by atoms with Crippen LogP contribution in [-0.2, 0) is 4.74 Å². The zero-order chi connectivity index (χ0) is 20.1. The summed E-state index contributed by atoms with van der Waals surface area (Å²) in [6, 6.07) is 12.1. The molecule has 0 spiro atoms. The number of ether oxygens (including phenoxy) is 2. The molecule has 6 heteroatoms. The summed E-state index contributed by atoms with van der Waals surface area (Å²) in [5, 5.41) is 0. The Morgan fingerprint density at radius 1 is 1.07 bits per heavy atom. The van der Waals surface area contributed by atoms with Crippen LogP contribution < -0.4 is 9.64 Å². The molecule has 6 nitrogen and oxygen atoms in total. The van der Waals surface area contributed by atoms with Crippen molar-refractivity contribution in [2.24, 2.45) is 0 Å². The van der Waals surface area contributed by atoms with Gasteiger partial charge in [-0.1, -0.05) is 25.0 Å². The van der Waals surface area contributed by atoms with Gasteiger partial charge in [0.15, 0.2) is 0 Å². The van der Waals surface area contributed by atoms with Gasteiger partial charge in [0, 0.05) is 31.5 Å². The molecule has 3 heterocycles. The number of hydrogen-bond acceptors (Lipinski definition) is 5. The zero-order valence-electron chi connectivity index (χ0n) is 17.0. The van der Waals surface area contributed by atoms with Gasteiger partial charge in [0.25, 0.3) is 5.91 Å². The van der Waals surface area contributed by atoms with E-state index in [1.165, 1.54) is 0 Å². The molecule has 0 N–H and O–H groups in total. The van der Waals surface area contributed by atoms with Crippen LogP contribution in [0.3, 0.4) is 0 Å². The first kappa shape index (κ1) is 19.7. The topological polar surface area (TPSA) is 54.9 Å². The summed E-state index contributed by atoms with van der Waals surface area (Å²) in [5.74, 6) is 0.850. The van der Waals surface area contributed by atoms with E-state index in [0.29, 0.717) is 5.69 Å². The minimum atomic E-state index is 0.0165. The van der Waals surface area contributed by atoms with Crippen molar-refractivity contribution in [3.05, 3.63) is 53.9 Å². The minimum Gasteiger partial charge on any atom is -0.497 e. The van der Waals surface area contributed by atoms with Crippen LogP contribution in [0, 0.1) is 0 Å². The molecule has 2 aliphatic rings. The Kier molecular flexibility index (Phi) is 6.30. The molecule has 1 aromatic carbocycles. The van der Waals surface area contributed by atoms with Gasteiger partial charge < -0.3 is 19.3 Å². The first-order chi connectivity index (χ1) is 14.3. The molecule has 1 amide bonds. The highest BCUT2D eigenvalue weighted by molar-refractivity contribution is 5.93. The number of hydrogen-bond donors (Lipinski definition) is 0. The Labute approximate surface area is 172 Å². The third-order valence-electron chi connectivity index (χ3n) is 5.85. The van der Waals surface area contributed by atoms with E-state index in [1.54, 1.807) is 13.3 Å². The number of nitrogens with zero attached hydrogens (tertiary/aromatic N) is 3. The number of amides is 1. The summed E-state index contributed by atoms with van der Waals surface area (Å²) in [6.07, 6.45) is 6.03. The lowest BCUT2D eigenvalue weighted by atomic mass is 10.00. The molecular weight excluding hydrogens is 366 g/mol. The third kappa shape index (κ3) is 4.53. The summed E-state index contributed by atoms with van der Waals surface area (Å²) in [5.41, 5.74) is 2.72. The Morgan fingerprint density at radius 3 is 2.62 bits per heavy atom. The number of carbonyl (C=O) groups is 1. The molecule has 0 saturated carbocycles. The van der Waals surface area contributed by atoms with E-state index in [2.05, 4.69) is 22.0 Å². The molecule has 1 aromatic heterocycles. The summed E-state index contributed by atoms with van der Waals surface area (Å²) in [7, 11) is 1.67. The highest BCUT2D eigenvalue weighted by atomic mass is 16.5. The lowest BCUT2D eigenvalue weighted by Gasteiger charge is -2.31. The number of methoxy groups -OCH3 is 1. The molecule has 1 atom stereocenters. The monoisotopic (exact) mass is 395 g/mol. The fraction of sp³-hybridized carbons (Fsp3) is 0.478. The van der Waals surface area contributed by atoms with Crippen LogP contribution in [0.4, 0.5) is 5.69 Å². The number of pyridine rings is 1. The quantitative estimate of drug-likeness (QED) is 0.790. The van der Waals surface area contributed by atoms with Crippen LogP contribution in [0.5, 0.6) is 5.75 Å². The average Bonchev–Trinajstić information content (AvgIpc) is 3.05. The van der Waals surface area contributed by atoms with Crippen molar-refractivity contribution in [1.82, 2.24) is 9.88 Å². The minimum absolute atomic E-state index is 0.0165. The maximum atomic E-state index is 13.5. The maximum absolute atomic E-state index is 13.5. The van der Waals surface area contributed by atoms with Gasteiger partial charge in [0.1, 0.15) is 11.4 Å². The highest BCUT2D eigenvalue weighted by Crippen LogP contribution is 2.32. The molecule has 2 aliphatic heterocycles. The fourth-order valence-corrected chi connectivity index (χ4v) is 4.23. The largest absolute Gasteiger partial charge is 0.497 e. The Morgan fingerprint density at radius 2 is 1.86 bits per heavy atom. The lowest BCUT2D eigenvalue weighted by Crippen LogP contribution is -2.37. The van der Waals surface area contributed by atoms with Gasteiger partial charge in [-0.3, -0.25) is 9.78 Å². The van der Waals surface area contributed by atoms with Gasteiger partial charge in [0.05, 0.1) is 26.4 Å². The van der Waals surface area contributed by atoms with Crippen LogP contribution in [0.15, 0.2) is 42.6 Å². The van der Waals surface area contributed by atoms with Crippen molar-refractivity contribution < 1.29 is 14.3 Å². The molecule has 0 aliphatic carbocycles. The molecule has 0 radical (unpaired) electrons. The smallest absolute Gasteiger partial charge is 0.273 e. The number of likely N-dealkylation sites (tertiary alicyclic amines) is 1. The lowest BCUT2D eigenvalue weighted by molar-refractivity contribution is 0.0675. The third-order valence-corrected chi connectivity index (χ3v) is 5.85. The molecule has 2 saturated heterocycles. The van der Waals surface area contributed by atoms with Crippen LogP contribution in [-0.4, -0.2) is 55.7 Å². The van der Waals surface area contributed by atoms with Crippen LogP contribution in [0.2, 0.25) is 0 Å². The molecule has 0 unspecified atom stereocenters. The van der Waals surface area contributed by atoms with Gasteiger partial charge in [-0.25, -0.2) is 0 Å². The predicted molar refractivity (Wildman–Crippen MR) is 113 cm³/mol. The van der Waals surface area contributed by atoms with Crippen molar-refractivity contribution in [3.63, 3.8) is 0 Å². The van der Waals surface area contributed by atoms with Crippen molar-refractivity contribution in [1.29, 1.82) is 0 Å². The maximum Gasteiger partial charge on any atom is 0.273 e. The van der Waals surface area contributed by atoms with Gasteiger partial charge in [-0.05, 0) is 42.7 Å². The van der Waals surface area contributed by atoms with E-state index in [0.717, 1.165) is 75.5 Å². The fourth-order valence-electron chi connectivity index (χ4n) is 4.23. The van der Waals surface area contributed by atoms with Gasteiger partial charge >= 0.3 is 0 Å². The molecule has 154 valence electrons. The van der Waals surface area contributed by atoms with E-state index >= 15 is 0 Å². The number of anilines is 1. The van der Waals surface area contributed by atoms with Gasteiger partial charge in [-0.15, -0.1) is 0 Å². The average molecular weight is 396 g/mol. The van der Waals surface area contributed by atoms with Gasteiger partial charge in [0.2, 0.25) is 0 Å². The van der Waals surface area contributed by atoms with Crippen molar-refractivity contribution in [3.8, 4) is 5.75 Å². The van der Waals surface area contributed by atoms with Gasteiger partial charge in [-0.2, -0.15) is 0 Å². The number of morpholine rings is 1. The number of aromatic nitrogens is 1. The van der Waals surface area contributed by atoms with E-state index in [9.17, 15) is 4.79 Å². The van der Waals surface area contributed by atoms with Crippen LogP contribution in [0.1, 0.15) is 47.8 Å². The Hall–Kier alpha value is -2.60. The molecular formula is C23H29N3O3. The molecule has 4 rings (SSSR count). The second kappa shape index (κ2) is 9.27. The van der Waals surface area contributed by atoms with Crippen LogP contribution in [0.25, 0.3) is 0 Å². The Bertz CT molecular complexity index is 818. The van der Waals surface area contributed by atoms with Crippen molar-refractivity contribution in [2.75, 3.05) is 44.9 Å². The van der Waals surface area contributed by atoms with Crippen molar-refractivity contribution in [2.45, 2.75) is 31.7 Å². The first-order valence-electron chi connectivity index (χ1n) is 10.5. The molecule has 2 fully saturated rings. The summed E-state index contributed by atoms with van der Waals surface area (Å²) >= 11 is 0. The second-order valence-electron chi connectivity index (χ2n) is 7.64.